The van der Waals surface area contributed by atoms with E-state index in [1.165, 1.54) is 11.8 Å². The summed E-state index contributed by atoms with van der Waals surface area (Å²) < 4.78 is 6.95. The Morgan fingerprint density at radius 3 is 2.53 bits per heavy atom. The molecule has 0 aliphatic carbocycles. The fourth-order valence-corrected chi connectivity index (χ4v) is 4.43. The lowest BCUT2D eigenvalue weighted by Crippen LogP contribution is -2.29. The van der Waals surface area contributed by atoms with Crippen molar-refractivity contribution in [3.05, 3.63) is 94.2 Å². The summed E-state index contributed by atoms with van der Waals surface area (Å²) in [5.74, 6) is 1.92. The number of amides is 2. The monoisotopic (exact) mass is 513 g/mol. The number of methoxy groups -OCH3 is 1. The average molecular weight is 514 g/mol. The first-order valence-corrected chi connectivity index (χ1v) is 12.0. The molecule has 0 atom stereocenters. The zero-order valence-electron chi connectivity index (χ0n) is 18.2. The Kier molecular flexibility index (Phi) is 7.95. The smallest absolute Gasteiger partial charge is 0.319 e. The number of ether oxygens (including phenoxy) is 1. The fraction of sp³-hybridized carbons (Fsp3) is 0.125. The molecule has 34 heavy (non-hydrogen) atoms. The summed E-state index contributed by atoms with van der Waals surface area (Å²) in [6, 6.07) is 21.9. The van der Waals surface area contributed by atoms with E-state index >= 15 is 0 Å². The van der Waals surface area contributed by atoms with Crippen molar-refractivity contribution in [1.82, 2.24) is 20.1 Å². The predicted molar refractivity (Wildman–Crippen MR) is 136 cm³/mol. The molecule has 2 amide bonds. The van der Waals surface area contributed by atoms with E-state index in [-0.39, 0.29) is 12.6 Å². The summed E-state index contributed by atoms with van der Waals surface area (Å²) in [4.78, 5) is 12.5. The number of rotatable bonds is 8. The second kappa shape index (κ2) is 11.3. The van der Waals surface area contributed by atoms with E-state index in [0.717, 1.165) is 5.56 Å². The molecule has 10 heteroatoms. The van der Waals surface area contributed by atoms with Crippen molar-refractivity contribution in [2.24, 2.45) is 0 Å². The molecule has 4 rings (SSSR count). The minimum Gasteiger partial charge on any atom is -0.497 e. The van der Waals surface area contributed by atoms with Crippen LogP contribution in [0.4, 0.5) is 10.5 Å². The van der Waals surface area contributed by atoms with E-state index in [4.69, 9.17) is 27.9 Å². The van der Waals surface area contributed by atoms with Gasteiger partial charge in [-0.15, -0.1) is 10.2 Å². The number of benzene rings is 3. The molecule has 0 saturated heterocycles. The molecule has 0 aliphatic rings. The van der Waals surface area contributed by atoms with Gasteiger partial charge in [-0.1, -0.05) is 65.3 Å². The molecule has 3 aromatic carbocycles. The maximum atomic E-state index is 12.5. The quantitative estimate of drug-likeness (QED) is 0.274. The normalized spacial score (nSPS) is 10.7. The van der Waals surface area contributed by atoms with E-state index in [1.807, 2.05) is 34.9 Å². The van der Waals surface area contributed by atoms with E-state index in [1.54, 1.807) is 49.6 Å². The molecule has 0 saturated carbocycles. The highest BCUT2D eigenvalue weighted by Gasteiger charge is 2.18. The Morgan fingerprint density at radius 1 is 1.03 bits per heavy atom. The van der Waals surface area contributed by atoms with Crippen molar-refractivity contribution < 1.29 is 9.53 Å². The fourth-order valence-electron chi connectivity index (χ4n) is 3.14. The Labute approximate surface area is 211 Å². The Hall–Kier alpha value is -3.20. The third-order valence-electron chi connectivity index (χ3n) is 4.82. The van der Waals surface area contributed by atoms with Gasteiger partial charge in [-0.2, -0.15) is 0 Å². The predicted octanol–water partition coefficient (Wildman–Crippen LogP) is 6.20. The Morgan fingerprint density at radius 2 is 1.79 bits per heavy atom. The molecular weight excluding hydrogens is 493 g/mol. The molecule has 0 radical (unpaired) electrons. The van der Waals surface area contributed by atoms with E-state index in [9.17, 15) is 4.79 Å². The number of carbonyl (C=O) groups is 1. The number of anilines is 1. The largest absolute Gasteiger partial charge is 0.497 e. The molecule has 4 aromatic rings. The van der Waals surface area contributed by atoms with Crippen LogP contribution < -0.4 is 15.4 Å². The highest BCUT2D eigenvalue weighted by Crippen LogP contribution is 2.31. The number of carbonyl (C=O) groups excluding carboxylic acids is 1. The number of urea groups is 1. The minimum atomic E-state index is -0.379. The first-order valence-electron chi connectivity index (χ1n) is 10.3. The Balaban J connectivity index is 1.53. The SMILES string of the molecule is COc1ccc(NC(=O)NCc2nnc(SCc3ccccc3)n2-c2cc(Cl)ccc2Cl)cc1. The number of aromatic nitrogens is 3. The lowest BCUT2D eigenvalue weighted by atomic mass is 10.2. The number of nitrogens with one attached hydrogen (secondary N) is 2. The van der Waals surface area contributed by atoms with Crippen LogP contribution in [-0.2, 0) is 12.3 Å². The topological polar surface area (TPSA) is 81.1 Å². The number of halogens is 2. The molecule has 1 aromatic heterocycles. The van der Waals surface area contributed by atoms with Gasteiger partial charge in [-0.05, 0) is 48.0 Å². The van der Waals surface area contributed by atoms with Gasteiger partial charge in [-0.3, -0.25) is 4.57 Å². The summed E-state index contributed by atoms with van der Waals surface area (Å²) in [6.07, 6.45) is 0. The van der Waals surface area contributed by atoms with Crippen LogP contribution in [0.2, 0.25) is 10.0 Å². The molecule has 0 unspecified atom stereocenters. The molecule has 0 aliphatic heterocycles. The Bertz CT molecular complexity index is 1270. The van der Waals surface area contributed by atoms with Crippen LogP contribution in [0.5, 0.6) is 5.75 Å². The van der Waals surface area contributed by atoms with Gasteiger partial charge in [0.1, 0.15) is 5.75 Å². The second-order valence-corrected chi connectivity index (χ2v) is 8.93. The molecule has 2 N–H and O–H groups in total. The van der Waals surface area contributed by atoms with Gasteiger partial charge in [-0.25, -0.2) is 4.79 Å². The minimum absolute atomic E-state index is 0.129. The van der Waals surface area contributed by atoms with Gasteiger partial charge < -0.3 is 15.4 Å². The molecule has 7 nitrogen and oxygen atoms in total. The van der Waals surface area contributed by atoms with Crippen LogP contribution in [-0.4, -0.2) is 27.9 Å². The zero-order chi connectivity index (χ0) is 23.9. The van der Waals surface area contributed by atoms with Crippen LogP contribution in [0.15, 0.2) is 78.0 Å². The molecule has 0 fully saturated rings. The van der Waals surface area contributed by atoms with Crippen molar-refractivity contribution in [3.8, 4) is 11.4 Å². The van der Waals surface area contributed by atoms with Gasteiger partial charge in [0.25, 0.3) is 0 Å². The second-order valence-electron chi connectivity index (χ2n) is 7.14. The van der Waals surface area contributed by atoms with Crippen molar-refractivity contribution >= 4 is 46.7 Å². The van der Waals surface area contributed by atoms with Crippen molar-refractivity contribution in [2.45, 2.75) is 17.5 Å². The average Bonchev–Trinajstić information content (AvgIpc) is 3.26. The van der Waals surface area contributed by atoms with E-state index in [0.29, 0.717) is 43.9 Å². The highest BCUT2D eigenvalue weighted by atomic mass is 35.5. The molecule has 0 spiro atoms. The van der Waals surface area contributed by atoms with Gasteiger partial charge in [0.2, 0.25) is 0 Å². The summed E-state index contributed by atoms with van der Waals surface area (Å²) >= 11 is 14.2. The van der Waals surface area contributed by atoms with Crippen LogP contribution in [0, 0.1) is 0 Å². The van der Waals surface area contributed by atoms with Crippen LogP contribution >= 0.6 is 35.0 Å². The number of nitrogens with zero attached hydrogens (tertiary/aromatic N) is 3. The van der Waals surface area contributed by atoms with Crippen molar-refractivity contribution in [2.75, 3.05) is 12.4 Å². The zero-order valence-corrected chi connectivity index (χ0v) is 20.5. The van der Waals surface area contributed by atoms with Gasteiger partial charge in [0, 0.05) is 16.5 Å². The van der Waals surface area contributed by atoms with E-state index < -0.39 is 0 Å². The number of thioether (sulfide) groups is 1. The molecule has 1 heterocycles. The third-order valence-corrected chi connectivity index (χ3v) is 6.37. The third kappa shape index (κ3) is 6.02. The van der Waals surface area contributed by atoms with Gasteiger partial charge in [0.15, 0.2) is 11.0 Å². The summed E-state index contributed by atoms with van der Waals surface area (Å²) in [6.45, 7) is 0.129. The molecule has 174 valence electrons. The standard InChI is InChI=1S/C24H21Cl2N5O2S/c1-33-19-10-8-18(9-11-19)28-23(32)27-14-22-29-30-24(34-15-16-5-3-2-4-6-16)31(22)21-13-17(25)7-12-20(21)26/h2-13H,14-15H2,1H3,(H2,27,28,32). The first-order chi connectivity index (χ1) is 16.5. The van der Waals surface area contributed by atoms with Crippen molar-refractivity contribution in [1.29, 1.82) is 0 Å². The van der Waals surface area contributed by atoms with Gasteiger partial charge in [0.05, 0.1) is 24.4 Å². The number of hydrogen-bond acceptors (Lipinski definition) is 5. The van der Waals surface area contributed by atoms with Gasteiger partial charge >= 0.3 is 6.03 Å². The van der Waals surface area contributed by atoms with Crippen molar-refractivity contribution in [3.63, 3.8) is 0 Å². The van der Waals surface area contributed by atoms with Crippen LogP contribution in [0.25, 0.3) is 5.69 Å². The van der Waals surface area contributed by atoms with E-state index in [2.05, 4.69) is 20.8 Å². The lowest BCUT2D eigenvalue weighted by Gasteiger charge is -2.13. The lowest BCUT2D eigenvalue weighted by molar-refractivity contribution is 0.251. The number of hydrogen-bond donors (Lipinski definition) is 2. The highest BCUT2D eigenvalue weighted by molar-refractivity contribution is 7.98. The van der Waals surface area contributed by atoms with Crippen LogP contribution in [0.3, 0.4) is 0 Å². The maximum Gasteiger partial charge on any atom is 0.319 e. The maximum absolute atomic E-state index is 12.5. The summed E-state index contributed by atoms with van der Waals surface area (Å²) in [7, 11) is 1.59. The molecular formula is C24H21Cl2N5O2S. The van der Waals surface area contributed by atoms with Crippen LogP contribution in [0.1, 0.15) is 11.4 Å². The summed E-state index contributed by atoms with van der Waals surface area (Å²) in [5, 5.41) is 15.9. The summed E-state index contributed by atoms with van der Waals surface area (Å²) in [5.41, 5.74) is 2.43. The molecule has 0 bridgehead atoms. The first kappa shape index (κ1) is 23.9.